The summed E-state index contributed by atoms with van der Waals surface area (Å²) in [5, 5.41) is 0. The maximum atomic E-state index is 12.1. The predicted molar refractivity (Wildman–Crippen MR) is 69.8 cm³/mol. The van der Waals surface area contributed by atoms with Crippen LogP contribution in [-0.2, 0) is 4.79 Å². The third-order valence-corrected chi connectivity index (χ3v) is 3.12. The number of carbonyl (C=O) groups excluding carboxylic acids is 1. The van der Waals surface area contributed by atoms with E-state index in [4.69, 9.17) is 0 Å². The van der Waals surface area contributed by atoms with Gasteiger partial charge in [0.2, 0.25) is 5.91 Å². The Morgan fingerprint density at radius 1 is 1.18 bits per heavy atom. The van der Waals surface area contributed by atoms with Crippen molar-refractivity contribution >= 4 is 11.6 Å². The van der Waals surface area contributed by atoms with Crippen molar-refractivity contribution in [2.45, 2.75) is 26.9 Å². The predicted octanol–water partition coefficient (Wildman–Crippen LogP) is 2.34. The van der Waals surface area contributed by atoms with E-state index in [-0.39, 0.29) is 17.5 Å². The highest BCUT2D eigenvalue weighted by atomic mass is 16.2. The van der Waals surface area contributed by atoms with Gasteiger partial charge in [-0.3, -0.25) is 14.6 Å². The first kappa shape index (κ1) is 12.1. The number of anilines is 1. The van der Waals surface area contributed by atoms with E-state index in [0.29, 0.717) is 6.54 Å². The van der Waals surface area contributed by atoms with Gasteiger partial charge in [-0.05, 0) is 24.6 Å². The fourth-order valence-electron chi connectivity index (χ4n) is 2.63. The van der Waals surface area contributed by atoms with Crippen LogP contribution in [0, 0.1) is 5.41 Å². The number of amides is 1. The molecule has 1 unspecified atom stereocenters. The highest BCUT2D eigenvalue weighted by Gasteiger charge is 2.43. The fourth-order valence-corrected chi connectivity index (χ4v) is 2.63. The molecule has 92 valence electrons. The van der Waals surface area contributed by atoms with Crippen LogP contribution in [0.4, 0.5) is 5.69 Å². The summed E-state index contributed by atoms with van der Waals surface area (Å²) in [6.45, 7) is 7.00. The largest absolute Gasteiger partial charge is 0.295 e. The lowest BCUT2D eigenvalue weighted by molar-refractivity contribution is -0.116. The second-order valence-corrected chi connectivity index (χ2v) is 5.75. The van der Waals surface area contributed by atoms with Gasteiger partial charge in [0, 0.05) is 5.69 Å². The second kappa shape index (κ2) is 4.15. The summed E-state index contributed by atoms with van der Waals surface area (Å²) in [5.41, 5.74) is 1.03. The number of benzene rings is 1. The Balaban J connectivity index is 2.40. The highest BCUT2D eigenvalue weighted by Crippen LogP contribution is 2.34. The van der Waals surface area contributed by atoms with Crippen molar-refractivity contribution in [1.82, 2.24) is 4.90 Å². The van der Waals surface area contributed by atoms with Crippen LogP contribution >= 0.6 is 0 Å². The molecule has 0 saturated carbocycles. The average molecular weight is 232 g/mol. The highest BCUT2D eigenvalue weighted by molar-refractivity contribution is 5.97. The molecule has 1 aliphatic heterocycles. The summed E-state index contributed by atoms with van der Waals surface area (Å²) in [6, 6.07) is 9.91. The van der Waals surface area contributed by atoms with Gasteiger partial charge in [-0.25, -0.2) is 0 Å². The minimum atomic E-state index is 0.0384. The average Bonchev–Trinajstić information content (AvgIpc) is 2.54. The molecule has 1 atom stereocenters. The molecule has 0 N–H and O–H groups in total. The van der Waals surface area contributed by atoms with Crippen LogP contribution in [0.1, 0.15) is 20.8 Å². The Kier molecular flexibility index (Phi) is 2.96. The molecule has 3 nitrogen and oxygen atoms in total. The van der Waals surface area contributed by atoms with E-state index in [0.717, 1.165) is 5.69 Å². The molecule has 1 aromatic carbocycles. The van der Waals surface area contributed by atoms with Crippen LogP contribution in [0.5, 0.6) is 0 Å². The third-order valence-electron chi connectivity index (χ3n) is 3.12. The van der Waals surface area contributed by atoms with Crippen molar-refractivity contribution in [3.05, 3.63) is 30.3 Å². The molecule has 0 aliphatic carbocycles. The molecule has 1 aromatic rings. The lowest BCUT2D eigenvalue weighted by atomic mass is 9.91. The molecule has 0 radical (unpaired) electrons. The Labute approximate surface area is 103 Å². The molecular formula is C14H20N2O. The van der Waals surface area contributed by atoms with Crippen LogP contribution in [0.2, 0.25) is 0 Å². The summed E-state index contributed by atoms with van der Waals surface area (Å²) in [7, 11) is 2.01. The van der Waals surface area contributed by atoms with Gasteiger partial charge in [0.05, 0.1) is 12.7 Å². The number of hydrogen-bond donors (Lipinski definition) is 0. The molecule has 0 aromatic heterocycles. The second-order valence-electron chi connectivity index (χ2n) is 5.75. The number of rotatable bonds is 1. The molecule has 1 aliphatic rings. The van der Waals surface area contributed by atoms with E-state index in [1.807, 2.05) is 42.3 Å². The quantitative estimate of drug-likeness (QED) is 0.742. The van der Waals surface area contributed by atoms with Crippen LogP contribution in [-0.4, -0.2) is 30.6 Å². The summed E-state index contributed by atoms with van der Waals surface area (Å²) in [6.07, 6.45) is 0.123. The molecule has 3 heteroatoms. The summed E-state index contributed by atoms with van der Waals surface area (Å²) in [5.74, 6) is 0.179. The van der Waals surface area contributed by atoms with Gasteiger partial charge in [0.1, 0.15) is 0 Å². The zero-order valence-electron chi connectivity index (χ0n) is 11.0. The number of para-hydroxylation sites is 1. The maximum Gasteiger partial charge on any atom is 0.242 e. The van der Waals surface area contributed by atoms with Crippen molar-refractivity contribution in [3.63, 3.8) is 0 Å². The van der Waals surface area contributed by atoms with E-state index >= 15 is 0 Å². The number of likely N-dealkylation sites (N-methyl/N-ethyl adjacent to an activating group) is 1. The smallest absolute Gasteiger partial charge is 0.242 e. The first-order valence-electron chi connectivity index (χ1n) is 5.98. The van der Waals surface area contributed by atoms with Crippen LogP contribution in [0.25, 0.3) is 0 Å². The minimum Gasteiger partial charge on any atom is -0.295 e. The third kappa shape index (κ3) is 2.20. The van der Waals surface area contributed by atoms with Crippen LogP contribution < -0.4 is 4.90 Å². The van der Waals surface area contributed by atoms with E-state index in [1.54, 1.807) is 0 Å². The minimum absolute atomic E-state index is 0.0384. The number of nitrogens with zero attached hydrogens (tertiary/aromatic N) is 2. The van der Waals surface area contributed by atoms with Gasteiger partial charge in [-0.1, -0.05) is 39.0 Å². The summed E-state index contributed by atoms with van der Waals surface area (Å²) < 4.78 is 0. The standard InChI is InChI=1S/C14H20N2O/c1-14(2,3)13-15(4)10-12(17)16(13)11-8-6-5-7-9-11/h5-9,13H,10H2,1-4H3. The molecule has 0 spiro atoms. The van der Waals surface area contributed by atoms with E-state index in [1.165, 1.54) is 0 Å². The Hall–Kier alpha value is -1.35. The zero-order valence-corrected chi connectivity index (χ0v) is 11.0. The lowest BCUT2D eigenvalue weighted by Crippen LogP contribution is -2.47. The molecule has 1 fully saturated rings. The van der Waals surface area contributed by atoms with Crippen LogP contribution in [0.3, 0.4) is 0 Å². The molecule has 2 rings (SSSR count). The molecule has 17 heavy (non-hydrogen) atoms. The molecular weight excluding hydrogens is 212 g/mol. The first-order chi connectivity index (χ1) is 7.91. The normalized spacial score (nSPS) is 22.2. The van der Waals surface area contributed by atoms with Crippen molar-refractivity contribution < 1.29 is 4.79 Å². The Morgan fingerprint density at radius 2 is 1.76 bits per heavy atom. The van der Waals surface area contributed by atoms with Gasteiger partial charge in [-0.2, -0.15) is 0 Å². The fraction of sp³-hybridized carbons (Fsp3) is 0.500. The van der Waals surface area contributed by atoms with Gasteiger partial charge in [-0.15, -0.1) is 0 Å². The Bertz CT molecular complexity index is 408. The monoisotopic (exact) mass is 232 g/mol. The van der Waals surface area contributed by atoms with Gasteiger partial charge >= 0.3 is 0 Å². The molecule has 1 heterocycles. The summed E-state index contributed by atoms with van der Waals surface area (Å²) in [4.78, 5) is 16.2. The topological polar surface area (TPSA) is 23.6 Å². The first-order valence-corrected chi connectivity index (χ1v) is 5.98. The zero-order chi connectivity index (χ0) is 12.6. The number of carbonyl (C=O) groups is 1. The van der Waals surface area contributed by atoms with E-state index in [2.05, 4.69) is 25.7 Å². The maximum absolute atomic E-state index is 12.1. The van der Waals surface area contributed by atoms with Gasteiger partial charge in [0.25, 0.3) is 0 Å². The number of hydrogen-bond acceptors (Lipinski definition) is 2. The van der Waals surface area contributed by atoms with Crippen LogP contribution in [0.15, 0.2) is 30.3 Å². The van der Waals surface area contributed by atoms with E-state index < -0.39 is 0 Å². The summed E-state index contributed by atoms with van der Waals surface area (Å²) >= 11 is 0. The SMILES string of the molecule is CN1CC(=O)N(c2ccccc2)C1C(C)(C)C. The lowest BCUT2D eigenvalue weighted by Gasteiger charge is -2.38. The van der Waals surface area contributed by atoms with E-state index in [9.17, 15) is 4.79 Å². The Morgan fingerprint density at radius 3 is 2.29 bits per heavy atom. The van der Waals surface area contributed by atoms with Crippen molar-refractivity contribution in [2.75, 3.05) is 18.5 Å². The van der Waals surface area contributed by atoms with Gasteiger partial charge in [0.15, 0.2) is 0 Å². The van der Waals surface area contributed by atoms with Crippen molar-refractivity contribution in [2.24, 2.45) is 5.41 Å². The van der Waals surface area contributed by atoms with Crippen molar-refractivity contribution in [1.29, 1.82) is 0 Å². The van der Waals surface area contributed by atoms with Crippen molar-refractivity contribution in [3.8, 4) is 0 Å². The van der Waals surface area contributed by atoms with Gasteiger partial charge < -0.3 is 0 Å². The molecule has 1 saturated heterocycles. The molecule has 1 amide bonds. The molecule has 0 bridgehead atoms.